The maximum atomic E-state index is 11.0. The summed E-state index contributed by atoms with van der Waals surface area (Å²) in [6, 6.07) is 3.43. The minimum atomic E-state index is -0.751. The lowest BCUT2D eigenvalue weighted by Gasteiger charge is -2.28. The molecular weight excluding hydrogens is 182 g/mol. The molecule has 0 unspecified atom stereocenters. The fraction of sp³-hybridized carbons (Fsp3) is 0.500. The highest BCUT2D eigenvalue weighted by Gasteiger charge is 2.33. The number of aliphatic carboxylic acids is 1. The quantitative estimate of drug-likeness (QED) is 0.748. The highest BCUT2D eigenvalue weighted by atomic mass is 16.4. The van der Waals surface area contributed by atoms with E-state index in [0.29, 0.717) is 6.42 Å². The maximum absolute atomic E-state index is 11.0. The van der Waals surface area contributed by atoms with E-state index in [-0.39, 0.29) is 12.0 Å². The monoisotopic (exact) mass is 195 g/mol. The highest BCUT2D eigenvalue weighted by molar-refractivity contribution is 5.71. The molecule has 1 aliphatic heterocycles. The van der Waals surface area contributed by atoms with Crippen LogP contribution >= 0.6 is 0 Å². The first kappa shape index (κ1) is 9.27. The van der Waals surface area contributed by atoms with Crippen LogP contribution in [-0.2, 0) is 4.79 Å². The molecule has 1 aromatic heterocycles. The average Bonchev–Trinajstić information content (AvgIpc) is 2.70. The van der Waals surface area contributed by atoms with Crippen molar-refractivity contribution in [3.8, 4) is 0 Å². The van der Waals surface area contributed by atoms with Gasteiger partial charge in [-0.15, -0.1) is 0 Å². The van der Waals surface area contributed by atoms with Gasteiger partial charge in [-0.05, 0) is 31.5 Å². The lowest BCUT2D eigenvalue weighted by Crippen LogP contribution is -2.37. The first-order chi connectivity index (χ1) is 6.79. The zero-order chi connectivity index (χ0) is 9.97. The van der Waals surface area contributed by atoms with Gasteiger partial charge in [0.25, 0.3) is 0 Å². The second-order valence-electron chi connectivity index (χ2n) is 3.53. The number of hydrogen-bond acceptors (Lipinski definition) is 3. The van der Waals surface area contributed by atoms with Crippen molar-refractivity contribution in [1.82, 2.24) is 5.32 Å². The van der Waals surface area contributed by atoms with E-state index in [0.717, 1.165) is 18.7 Å². The third-order valence-corrected chi connectivity index (χ3v) is 2.63. The molecule has 0 aromatic carbocycles. The number of hydrogen-bond donors (Lipinski definition) is 2. The number of carbonyl (C=O) groups is 1. The Kier molecular flexibility index (Phi) is 2.54. The van der Waals surface area contributed by atoms with Crippen LogP contribution < -0.4 is 5.32 Å². The zero-order valence-corrected chi connectivity index (χ0v) is 7.77. The molecule has 76 valence electrons. The van der Waals surface area contributed by atoms with Gasteiger partial charge in [0.1, 0.15) is 5.76 Å². The number of piperidine rings is 1. The molecule has 4 nitrogen and oxygen atoms in total. The molecule has 14 heavy (non-hydrogen) atoms. The first-order valence-electron chi connectivity index (χ1n) is 4.78. The SMILES string of the molecule is O=C(O)[C@@H]1CCCN[C@H]1c1ccco1. The topological polar surface area (TPSA) is 62.5 Å². The predicted molar refractivity (Wildman–Crippen MR) is 49.8 cm³/mol. The Hall–Kier alpha value is -1.29. The van der Waals surface area contributed by atoms with Crippen molar-refractivity contribution in [2.24, 2.45) is 5.92 Å². The third kappa shape index (κ3) is 1.65. The molecule has 1 aliphatic rings. The second-order valence-corrected chi connectivity index (χ2v) is 3.53. The van der Waals surface area contributed by atoms with Crippen molar-refractivity contribution in [2.75, 3.05) is 6.54 Å². The Morgan fingerprint density at radius 2 is 2.50 bits per heavy atom. The van der Waals surface area contributed by atoms with Crippen LogP contribution in [0, 0.1) is 5.92 Å². The van der Waals surface area contributed by atoms with Gasteiger partial charge in [0.2, 0.25) is 0 Å². The van der Waals surface area contributed by atoms with Crippen molar-refractivity contribution in [1.29, 1.82) is 0 Å². The molecule has 0 amide bonds. The Balaban J connectivity index is 2.18. The Morgan fingerprint density at radius 3 is 3.14 bits per heavy atom. The van der Waals surface area contributed by atoms with Crippen LogP contribution in [-0.4, -0.2) is 17.6 Å². The van der Waals surface area contributed by atoms with Crippen molar-refractivity contribution in [2.45, 2.75) is 18.9 Å². The lowest BCUT2D eigenvalue weighted by molar-refractivity contribution is -0.144. The number of carboxylic acid groups (broad SMARTS) is 1. The Labute approximate surface area is 81.9 Å². The number of nitrogens with one attached hydrogen (secondary N) is 1. The summed E-state index contributed by atoms with van der Waals surface area (Å²) in [5.74, 6) is -0.398. The molecule has 0 saturated carbocycles. The minimum Gasteiger partial charge on any atom is -0.481 e. The molecule has 1 saturated heterocycles. The van der Waals surface area contributed by atoms with Gasteiger partial charge >= 0.3 is 5.97 Å². The summed E-state index contributed by atoms with van der Waals surface area (Å²) in [4.78, 5) is 11.0. The second kappa shape index (κ2) is 3.84. The predicted octanol–water partition coefficient (Wildman–Crippen LogP) is 1.40. The molecule has 0 radical (unpaired) electrons. The molecule has 2 heterocycles. The van der Waals surface area contributed by atoms with Crippen LogP contribution in [0.15, 0.2) is 22.8 Å². The van der Waals surface area contributed by atoms with Crippen LogP contribution in [0.2, 0.25) is 0 Å². The van der Waals surface area contributed by atoms with E-state index >= 15 is 0 Å². The van der Waals surface area contributed by atoms with Crippen LogP contribution in [0.3, 0.4) is 0 Å². The van der Waals surface area contributed by atoms with Gasteiger partial charge in [-0.3, -0.25) is 4.79 Å². The Morgan fingerprint density at radius 1 is 1.64 bits per heavy atom. The van der Waals surface area contributed by atoms with Gasteiger partial charge in [0.05, 0.1) is 18.2 Å². The number of carboxylic acids is 1. The molecule has 4 heteroatoms. The van der Waals surface area contributed by atoms with Gasteiger partial charge in [-0.25, -0.2) is 0 Å². The molecule has 0 aliphatic carbocycles. The molecule has 2 atom stereocenters. The Bertz CT molecular complexity index is 307. The van der Waals surface area contributed by atoms with E-state index in [4.69, 9.17) is 9.52 Å². The molecule has 0 bridgehead atoms. The first-order valence-corrected chi connectivity index (χ1v) is 4.78. The normalized spacial score (nSPS) is 27.4. The molecule has 1 aromatic rings. The van der Waals surface area contributed by atoms with Crippen molar-refractivity contribution < 1.29 is 14.3 Å². The summed E-state index contributed by atoms with van der Waals surface area (Å²) in [6.07, 6.45) is 3.20. The van der Waals surface area contributed by atoms with E-state index < -0.39 is 5.97 Å². The molecule has 2 N–H and O–H groups in total. The fourth-order valence-electron chi connectivity index (χ4n) is 1.92. The van der Waals surface area contributed by atoms with Crippen LogP contribution in [0.4, 0.5) is 0 Å². The zero-order valence-electron chi connectivity index (χ0n) is 7.77. The summed E-state index contributed by atoms with van der Waals surface area (Å²) >= 11 is 0. The fourth-order valence-corrected chi connectivity index (χ4v) is 1.92. The van der Waals surface area contributed by atoms with Crippen molar-refractivity contribution >= 4 is 5.97 Å². The maximum Gasteiger partial charge on any atom is 0.308 e. The summed E-state index contributed by atoms with van der Waals surface area (Å²) in [5.41, 5.74) is 0. The smallest absolute Gasteiger partial charge is 0.308 e. The summed E-state index contributed by atoms with van der Waals surface area (Å²) in [5, 5.41) is 12.2. The molecule has 1 fully saturated rings. The van der Waals surface area contributed by atoms with Gasteiger partial charge < -0.3 is 14.8 Å². The average molecular weight is 195 g/mol. The summed E-state index contributed by atoms with van der Waals surface area (Å²) in [7, 11) is 0. The molecular formula is C10H13NO3. The van der Waals surface area contributed by atoms with Crippen molar-refractivity contribution in [3.05, 3.63) is 24.2 Å². The third-order valence-electron chi connectivity index (χ3n) is 2.63. The van der Waals surface area contributed by atoms with Gasteiger partial charge in [-0.2, -0.15) is 0 Å². The minimum absolute atomic E-state index is 0.170. The van der Waals surface area contributed by atoms with Gasteiger partial charge in [0, 0.05) is 0 Å². The standard InChI is InChI=1S/C10H13NO3/c12-10(13)7-3-1-5-11-9(7)8-4-2-6-14-8/h2,4,6-7,9,11H,1,3,5H2,(H,12,13)/t7-,9-/m1/s1. The molecule has 0 spiro atoms. The van der Waals surface area contributed by atoms with Crippen LogP contribution in [0.5, 0.6) is 0 Å². The van der Waals surface area contributed by atoms with Crippen LogP contribution in [0.25, 0.3) is 0 Å². The summed E-state index contributed by atoms with van der Waals surface area (Å²) < 4.78 is 5.23. The van der Waals surface area contributed by atoms with E-state index in [1.807, 2.05) is 6.07 Å². The van der Waals surface area contributed by atoms with E-state index in [9.17, 15) is 4.79 Å². The number of rotatable bonds is 2. The number of furan rings is 1. The highest BCUT2D eigenvalue weighted by Crippen LogP contribution is 2.29. The lowest BCUT2D eigenvalue weighted by atomic mass is 9.89. The summed E-state index contributed by atoms with van der Waals surface area (Å²) in [6.45, 7) is 0.856. The van der Waals surface area contributed by atoms with Crippen LogP contribution in [0.1, 0.15) is 24.6 Å². The molecule has 2 rings (SSSR count). The van der Waals surface area contributed by atoms with Crippen molar-refractivity contribution in [3.63, 3.8) is 0 Å². The largest absolute Gasteiger partial charge is 0.481 e. The van der Waals surface area contributed by atoms with E-state index in [1.54, 1.807) is 12.3 Å². The van der Waals surface area contributed by atoms with E-state index in [1.165, 1.54) is 0 Å². The van der Waals surface area contributed by atoms with Gasteiger partial charge in [0.15, 0.2) is 0 Å². The van der Waals surface area contributed by atoms with Gasteiger partial charge in [-0.1, -0.05) is 0 Å². The van der Waals surface area contributed by atoms with E-state index in [2.05, 4.69) is 5.32 Å².